The van der Waals surface area contributed by atoms with Crippen molar-refractivity contribution in [1.82, 2.24) is 0 Å². The molecule has 3 heteroatoms. The molecule has 0 bridgehead atoms. The molecule has 0 radical (unpaired) electrons. The van der Waals surface area contributed by atoms with Gasteiger partial charge < -0.3 is 14.6 Å². The van der Waals surface area contributed by atoms with Gasteiger partial charge >= 0.3 is 0 Å². The van der Waals surface area contributed by atoms with E-state index in [0.717, 1.165) is 5.57 Å². The van der Waals surface area contributed by atoms with Crippen LogP contribution >= 0.6 is 0 Å². The van der Waals surface area contributed by atoms with E-state index in [1.54, 1.807) is 0 Å². The highest BCUT2D eigenvalue weighted by molar-refractivity contribution is 5.00. The molecule has 0 aromatic rings. The SMILES string of the molecule is C=C(C)[C@H]1COC(C)(C)OC[C@@H]1O. The zero-order chi connectivity index (χ0) is 10.1. The van der Waals surface area contributed by atoms with Gasteiger partial charge in [0.1, 0.15) is 0 Å². The number of aliphatic hydroxyl groups is 1. The molecule has 1 fully saturated rings. The molecule has 0 saturated carbocycles. The van der Waals surface area contributed by atoms with Gasteiger partial charge in [0.15, 0.2) is 5.79 Å². The van der Waals surface area contributed by atoms with E-state index in [2.05, 4.69) is 6.58 Å². The maximum Gasteiger partial charge on any atom is 0.162 e. The van der Waals surface area contributed by atoms with Crippen LogP contribution in [0.1, 0.15) is 20.8 Å². The van der Waals surface area contributed by atoms with Crippen molar-refractivity contribution < 1.29 is 14.6 Å². The monoisotopic (exact) mass is 186 g/mol. The number of rotatable bonds is 1. The largest absolute Gasteiger partial charge is 0.390 e. The molecule has 0 aromatic carbocycles. The van der Waals surface area contributed by atoms with Crippen LogP contribution in [0.4, 0.5) is 0 Å². The van der Waals surface area contributed by atoms with Crippen molar-refractivity contribution in [1.29, 1.82) is 0 Å². The van der Waals surface area contributed by atoms with Gasteiger partial charge in [0.05, 0.1) is 19.3 Å². The Bertz CT molecular complexity index is 198. The summed E-state index contributed by atoms with van der Waals surface area (Å²) in [4.78, 5) is 0. The molecule has 1 saturated heterocycles. The van der Waals surface area contributed by atoms with Gasteiger partial charge in [-0.2, -0.15) is 0 Å². The Balaban J connectivity index is 2.65. The quantitative estimate of drug-likeness (QED) is 0.628. The molecule has 0 unspecified atom stereocenters. The van der Waals surface area contributed by atoms with E-state index < -0.39 is 11.9 Å². The molecule has 2 atom stereocenters. The van der Waals surface area contributed by atoms with Gasteiger partial charge in [0.2, 0.25) is 0 Å². The molecule has 1 N–H and O–H groups in total. The standard InChI is InChI=1S/C10H18O3/c1-7(2)8-5-12-10(3,4)13-6-9(8)11/h8-9,11H,1,5-6H2,2-4H3/t8-,9+/m1/s1. The van der Waals surface area contributed by atoms with E-state index in [0.29, 0.717) is 13.2 Å². The van der Waals surface area contributed by atoms with Crippen LogP contribution in [0, 0.1) is 5.92 Å². The first-order chi connectivity index (χ1) is 5.92. The predicted octanol–water partition coefficient (Wildman–Crippen LogP) is 1.32. The van der Waals surface area contributed by atoms with Gasteiger partial charge in [0, 0.05) is 5.92 Å². The predicted molar refractivity (Wildman–Crippen MR) is 50.3 cm³/mol. The Morgan fingerprint density at radius 3 is 2.46 bits per heavy atom. The molecular formula is C10H18O3. The highest BCUT2D eigenvalue weighted by Gasteiger charge is 2.31. The average Bonchev–Trinajstić information content (AvgIpc) is 2.11. The first-order valence-corrected chi connectivity index (χ1v) is 4.54. The number of aliphatic hydroxyl groups excluding tert-OH is 1. The maximum atomic E-state index is 9.69. The van der Waals surface area contributed by atoms with E-state index in [1.165, 1.54) is 0 Å². The zero-order valence-corrected chi connectivity index (χ0v) is 8.54. The summed E-state index contributed by atoms with van der Waals surface area (Å²) in [6.45, 7) is 10.2. The molecule has 0 spiro atoms. The third-order valence-corrected chi connectivity index (χ3v) is 2.31. The fraction of sp³-hybridized carbons (Fsp3) is 0.800. The fourth-order valence-electron chi connectivity index (χ4n) is 1.32. The Labute approximate surface area is 79.3 Å². The van der Waals surface area contributed by atoms with Crippen molar-refractivity contribution in [2.45, 2.75) is 32.7 Å². The fourth-order valence-corrected chi connectivity index (χ4v) is 1.32. The normalized spacial score (nSPS) is 33.8. The summed E-state index contributed by atoms with van der Waals surface area (Å²) in [5.41, 5.74) is 0.939. The minimum Gasteiger partial charge on any atom is -0.390 e. The highest BCUT2D eigenvalue weighted by Crippen LogP contribution is 2.24. The number of ether oxygens (including phenoxy) is 2. The zero-order valence-electron chi connectivity index (χ0n) is 8.54. The van der Waals surface area contributed by atoms with Crippen molar-refractivity contribution in [2.75, 3.05) is 13.2 Å². The minimum atomic E-state index is -0.592. The first kappa shape index (κ1) is 10.7. The van der Waals surface area contributed by atoms with Crippen LogP contribution in [0.3, 0.4) is 0 Å². The molecule has 1 rings (SSSR count). The molecule has 0 amide bonds. The smallest absolute Gasteiger partial charge is 0.162 e. The molecule has 0 aromatic heterocycles. The Hall–Kier alpha value is -0.380. The second-order valence-corrected chi connectivity index (χ2v) is 4.04. The van der Waals surface area contributed by atoms with Crippen molar-refractivity contribution in [2.24, 2.45) is 5.92 Å². The van der Waals surface area contributed by atoms with Gasteiger partial charge in [-0.05, 0) is 20.8 Å². The van der Waals surface area contributed by atoms with E-state index >= 15 is 0 Å². The van der Waals surface area contributed by atoms with Crippen LogP contribution in [0.2, 0.25) is 0 Å². The summed E-state index contributed by atoms with van der Waals surface area (Å²) in [6, 6.07) is 0. The van der Waals surface area contributed by atoms with Crippen LogP contribution in [-0.4, -0.2) is 30.2 Å². The molecule has 1 heterocycles. The third kappa shape index (κ3) is 2.79. The second kappa shape index (κ2) is 3.78. The summed E-state index contributed by atoms with van der Waals surface area (Å²) in [5, 5.41) is 9.69. The molecule has 3 nitrogen and oxygen atoms in total. The molecule has 1 aliphatic rings. The van der Waals surface area contributed by atoms with Crippen molar-refractivity contribution in [3.63, 3.8) is 0 Å². The van der Waals surface area contributed by atoms with E-state index in [9.17, 15) is 5.11 Å². The summed E-state index contributed by atoms with van der Waals surface area (Å²) in [7, 11) is 0. The lowest BCUT2D eigenvalue weighted by atomic mass is 9.97. The van der Waals surface area contributed by atoms with Gasteiger partial charge in [-0.25, -0.2) is 0 Å². The van der Waals surface area contributed by atoms with Crippen molar-refractivity contribution in [3.8, 4) is 0 Å². The van der Waals surface area contributed by atoms with Crippen LogP contribution in [-0.2, 0) is 9.47 Å². The molecule has 13 heavy (non-hydrogen) atoms. The van der Waals surface area contributed by atoms with E-state index in [-0.39, 0.29) is 5.92 Å². The van der Waals surface area contributed by atoms with Crippen molar-refractivity contribution in [3.05, 3.63) is 12.2 Å². The molecule has 1 aliphatic heterocycles. The Morgan fingerprint density at radius 2 is 1.92 bits per heavy atom. The van der Waals surface area contributed by atoms with Gasteiger partial charge in [-0.3, -0.25) is 0 Å². The van der Waals surface area contributed by atoms with Crippen LogP contribution in [0.5, 0.6) is 0 Å². The molecule has 0 aliphatic carbocycles. The van der Waals surface area contributed by atoms with Crippen LogP contribution < -0.4 is 0 Å². The van der Waals surface area contributed by atoms with E-state index in [1.807, 2.05) is 20.8 Å². The summed E-state index contributed by atoms with van der Waals surface area (Å²) < 4.78 is 10.9. The molecular weight excluding hydrogens is 168 g/mol. The lowest BCUT2D eigenvalue weighted by Gasteiger charge is -2.22. The first-order valence-electron chi connectivity index (χ1n) is 4.54. The summed E-state index contributed by atoms with van der Waals surface area (Å²) in [6.07, 6.45) is -0.501. The lowest BCUT2D eigenvalue weighted by Crippen LogP contribution is -2.28. The lowest BCUT2D eigenvalue weighted by molar-refractivity contribution is -0.203. The Morgan fingerprint density at radius 1 is 1.38 bits per heavy atom. The van der Waals surface area contributed by atoms with Crippen LogP contribution in [0.25, 0.3) is 0 Å². The summed E-state index contributed by atoms with van der Waals surface area (Å²) in [5.74, 6) is -0.604. The topological polar surface area (TPSA) is 38.7 Å². The summed E-state index contributed by atoms with van der Waals surface area (Å²) >= 11 is 0. The van der Waals surface area contributed by atoms with E-state index in [4.69, 9.17) is 9.47 Å². The van der Waals surface area contributed by atoms with Gasteiger partial charge in [0.25, 0.3) is 0 Å². The maximum absolute atomic E-state index is 9.69. The third-order valence-electron chi connectivity index (χ3n) is 2.31. The molecule has 76 valence electrons. The minimum absolute atomic E-state index is 0.0122. The highest BCUT2D eigenvalue weighted by atomic mass is 16.7. The average molecular weight is 186 g/mol. The number of hydrogen-bond donors (Lipinski definition) is 1. The van der Waals surface area contributed by atoms with Crippen LogP contribution in [0.15, 0.2) is 12.2 Å². The van der Waals surface area contributed by atoms with Gasteiger partial charge in [-0.15, -0.1) is 0 Å². The second-order valence-electron chi connectivity index (χ2n) is 4.04. The van der Waals surface area contributed by atoms with Gasteiger partial charge in [-0.1, -0.05) is 12.2 Å². The van der Waals surface area contributed by atoms with Crippen molar-refractivity contribution >= 4 is 0 Å². The number of hydrogen-bond acceptors (Lipinski definition) is 3. The Kier molecular flexibility index (Phi) is 3.11.